The van der Waals surface area contributed by atoms with Crippen molar-refractivity contribution in [2.45, 2.75) is 39.0 Å². The number of nitrogens with zero attached hydrogens (tertiary/aromatic N) is 4. The van der Waals surface area contributed by atoms with E-state index in [-0.39, 0.29) is 11.7 Å². The van der Waals surface area contributed by atoms with Gasteiger partial charge in [-0.2, -0.15) is 0 Å². The molecule has 0 radical (unpaired) electrons. The summed E-state index contributed by atoms with van der Waals surface area (Å²) in [5, 5.41) is 1.24. The third-order valence-corrected chi connectivity index (χ3v) is 7.30. The van der Waals surface area contributed by atoms with Crippen molar-refractivity contribution in [3.05, 3.63) is 51.9 Å². The van der Waals surface area contributed by atoms with Crippen LogP contribution in [0, 0.1) is 5.82 Å². The van der Waals surface area contributed by atoms with Crippen molar-refractivity contribution in [1.29, 1.82) is 0 Å². The summed E-state index contributed by atoms with van der Waals surface area (Å²) in [7, 11) is 0. The van der Waals surface area contributed by atoms with Gasteiger partial charge in [-0.25, -0.2) is 14.4 Å². The molecule has 2 aliphatic rings. The number of hydrogen-bond donors (Lipinski definition) is 0. The van der Waals surface area contributed by atoms with Gasteiger partial charge in [-0.1, -0.05) is 6.92 Å². The third kappa shape index (κ3) is 3.45. The van der Waals surface area contributed by atoms with Crippen molar-refractivity contribution >= 4 is 33.3 Å². The molecule has 1 fully saturated rings. The quantitative estimate of drug-likeness (QED) is 0.631. The van der Waals surface area contributed by atoms with Crippen molar-refractivity contribution < 1.29 is 9.18 Å². The van der Waals surface area contributed by atoms with Crippen molar-refractivity contribution in [2.75, 3.05) is 31.1 Å². The molecule has 1 amide bonds. The summed E-state index contributed by atoms with van der Waals surface area (Å²) >= 11 is 1.84. The molecule has 3 heterocycles. The van der Waals surface area contributed by atoms with Crippen LogP contribution < -0.4 is 4.90 Å². The summed E-state index contributed by atoms with van der Waals surface area (Å²) < 4.78 is 13.2. The van der Waals surface area contributed by atoms with E-state index in [4.69, 9.17) is 9.97 Å². The Balaban J connectivity index is 1.41. The zero-order valence-corrected chi connectivity index (χ0v) is 18.0. The number of piperazine rings is 1. The number of amides is 1. The second kappa shape index (κ2) is 7.95. The largest absolute Gasteiger partial charge is 0.352 e. The van der Waals surface area contributed by atoms with E-state index in [0.29, 0.717) is 18.7 Å². The van der Waals surface area contributed by atoms with Gasteiger partial charge in [-0.3, -0.25) is 4.79 Å². The molecule has 1 aliphatic carbocycles. The first-order valence-electron chi connectivity index (χ1n) is 10.7. The molecule has 7 heteroatoms. The molecule has 0 spiro atoms. The number of aryl methyl sites for hydroxylation is 3. The van der Waals surface area contributed by atoms with E-state index >= 15 is 0 Å². The Labute approximate surface area is 179 Å². The fraction of sp³-hybridized carbons (Fsp3) is 0.435. The molecule has 1 aromatic carbocycles. The van der Waals surface area contributed by atoms with Crippen molar-refractivity contribution in [1.82, 2.24) is 14.9 Å². The first-order chi connectivity index (χ1) is 14.6. The van der Waals surface area contributed by atoms with E-state index < -0.39 is 0 Å². The van der Waals surface area contributed by atoms with Crippen molar-refractivity contribution in [2.24, 2.45) is 0 Å². The fourth-order valence-electron chi connectivity index (χ4n) is 4.46. The molecule has 5 nitrogen and oxygen atoms in total. The number of aromatic nitrogens is 2. The molecule has 156 valence electrons. The minimum absolute atomic E-state index is 0.0374. The normalized spacial score (nSPS) is 16.7. The average molecular weight is 425 g/mol. The van der Waals surface area contributed by atoms with E-state index in [0.717, 1.165) is 48.8 Å². The Morgan fingerprint density at radius 3 is 2.53 bits per heavy atom. The van der Waals surface area contributed by atoms with E-state index in [1.807, 2.05) is 16.2 Å². The number of hydrogen-bond acceptors (Lipinski definition) is 5. The fourth-order valence-corrected chi connectivity index (χ4v) is 5.74. The number of fused-ring (bicyclic) bond motifs is 3. The summed E-state index contributed by atoms with van der Waals surface area (Å²) in [6.07, 6.45) is 5.56. The minimum Gasteiger partial charge on any atom is -0.352 e. The standard InChI is InChI=1S/C23H25FN4OS/c1-2-19-25-21(20-17-5-3-4-6-18(17)30-22(20)26-19)27-11-13-28(14-12-27)23(29)15-7-9-16(24)10-8-15/h7-10H,2-6,11-14H2,1H3. The lowest BCUT2D eigenvalue weighted by Crippen LogP contribution is -2.49. The maximum Gasteiger partial charge on any atom is 0.253 e. The Kier molecular flexibility index (Phi) is 5.15. The number of benzene rings is 1. The maximum atomic E-state index is 13.2. The first kappa shape index (κ1) is 19.4. The summed E-state index contributed by atoms with van der Waals surface area (Å²) in [6.45, 7) is 4.85. The Morgan fingerprint density at radius 2 is 1.80 bits per heavy atom. The predicted molar refractivity (Wildman–Crippen MR) is 118 cm³/mol. The number of carbonyl (C=O) groups is 1. The molecule has 0 N–H and O–H groups in total. The van der Waals surface area contributed by atoms with Gasteiger partial charge in [-0.05, 0) is 55.5 Å². The number of carbonyl (C=O) groups excluding carboxylic acids is 1. The predicted octanol–water partition coefficient (Wildman–Crippen LogP) is 4.23. The number of halogens is 1. The molecule has 5 rings (SSSR count). The molecule has 1 saturated heterocycles. The molecule has 3 aromatic rings. The highest BCUT2D eigenvalue weighted by atomic mass is 32.1. The average Bonchev–Trinajstić information content (AvgIpc) is 3.17. The Morgan fingerprint density at radius 1 is 1.07 bits per heavy atom. The molecule has 1 aliphatic heterocycles. The molecular formula is C23H25FN4OS. The lowest BCUT2D eigenvalue weighted by Gasteiger charge is -2.36. The molecule has 30 heavy (non-hydrogen) atoms. The molecular weight excluding hydrogens is 399 g/mol. The SMILES string of the molecule is CCc1nc(N2CCN(C(=O)c3ccc(F)cc3)CC2)c2c3c(sc2n1)CCCC3. The maximum absolute atomic E-state index is 13.2. The second-order valence-electron chi connectivity index (χ2n) is 7.99. The van der Waals surface area contributed by atoms with Crippen LogP contribution in [-0.4, -0.2) is 47.0 Å². The summed E-state index contributed by atoms with van der Waals surface area (Å²) in [5.74, 6) is 1.57. The van der Waals surface area contributed by atoms with Gasteiger partial charge in [0.2, 0.25) is 0 Å². The van der Waals surface area contributed by atoms with Crippen LogP contribution in [0.3, 0.4) is 0 Å². The van der Waals surface area contributed by atoms with Crippen molar-refractivity contribution in [3.63, 3.8) is 0 Å². The summed E-state index contributed by atoms with van der Waals surface area (Å²) in [6, 6.07) is 5.80. The van der Waals surface area contributed by atoms with Crippen LogP contribution in [0.15, 0.2) is 24.3 Å². The van der Waals surface area contributed by atoms with Crippen LogP contribution in [0.25, 0.3) is 10.2 Å². The van der Waals surface area contributed by atoms with E-state index in [1.165, 1.54) is 40.8 Å². The molecule has 2 aromatic heterocycles. The molecule has 0 atom stereocenters. The van der Waals surface area contributed by atoms with E-state index in [9.17, 15) is 9.18 Å². The van der Waals surface area contributed by atoms with Crippen LogP contribution in [0.2, 0.25) is 0 Å². The van der Waals surface area contributed by atoms with Gasteiger partial charge in [0.1, 0.15) is 22.3 Å². The van der Waals surface area contributed by atoms with Gasteiger partial charge >= 0.3 is 0 Å². The second-order valence-corrected chi connectivity index (χ2v) is 9.08. The monoisotopic (exact) mass is 424 g/mol. The summed E-state index contributed by atoms with van der Waals surface area (Å²) in [5.41, 5.74) is 1.98. The van der Waals surface area contributed by atoms with Crippen molar-refractivity contribution in [3.8, 4) is 0 Å². The lowest BCUT2D eigenvalue weighted by atomic mass is 9.97. The van der Waals surface area contributed by atoms with Gasteiger partial charge in [0, 0.05) is 43.0 Å². The van der Waals surface area contributed by atoms with Gasteiger partial charge < -0.3 is 9.80 Å². The Bertz CT molecular complexity index is 1090. The number of anilines is 1. The first-order valence-corrected chi connectivity index (χ1v) is 11.6. The van der Waals surface area contributed by atoms with Crippen LogP contribution in [0.4, 0.5) is 10.2 Å². The minimum atomic E-state index is -0.324. The van der Waals surface area contributed by atoms with E-state index in [2.05, 4.69) is 11.8 Å². The van der Waals surface area contributed by atoms with Gasteiger partial charge in [0.15, 0.2) is 0 Å². The van der Waals surface area contributed by atoms with Gasteiger partial charge in [0.25, 0.3) is 5.91 Å². The van der Waals surface area contributed by atoms with Gasteiger partial charge in [-0.15, -0.1) is 11.3 Å². The lowest BCUT2D eigenvalue weighted by molar-refractivity contribution is 0.0746. The van der Waals surface area contributed by atoms with Crippen LogP contribution in [-0.2, 0) is 19.3 Å². The van der Waals surface area contributed by atoms with Crippen LogP contribution in [0.5, 0.6) is 0 Å². The number of rotatable bonds is 3. The zero-order valence-electron chi connectivity index (χ0n) is 17.2. The highest BCUT2D eigenvalue weighted by Gasteiger charge is 2.27. The molecule has 0 bridgehead atoms. The highest BCUT2D eigenvalue weighted by Crippen LogP contribution is 2.40. The zero-order chi connectivity index (χ0) is 20.7. The van der Waals surface area contributed by atoms with Gasteiger partial charge in [0.05, 0.1) is 5.39 Å². The highest BCUT2D eigenvalue weighted by molar-refractivity contribution is 7.19. The van der Waals surface area contributed by atoms with Crippen LogP contribution in [0.1, 0.15) is 46.4 Å². The molecule has 0 unspecified atom stereocenters. The smallest absolute Gasteiger partial charge is 0.253 e. The third-order valence-electron chi connectivity index (χ3n) is 6.12. The number of thiophene rings is 1. The Hall–Kier alpha value is -2.54. The topological polar surface area (TPSA) is 49.3 Å². The molecule has 0 saturated carbocycles. The van der Waals surface area contributed by atoms with Crippen LogP contribution >= 0.6 is 11.3 Å². The summed E-state index contributed by atoms with van der Waals surface area (Å²) in [4.78, 5) is 29.3. The van der Waals surface area contributed by atoms with E-state index in [1.54, 1.807) is 12.1 Å².